The van der Waals surface area contributed by atoms with Gasteiger partial charge in [-0.15, -0.1) is 0 Å². The van der Waals surface area contributed by atoms with Crippen molar-refractivity contribution in [1.82, 2.24) is 0 Å². The fraction of sp³-hybridized carbons (Fsp3) is 0.417. The predicted molar refractivity (Wildman–Crippen MR) is 69.9 cm³/mol. The van der Waals surface area contributed by atoms with Crippen LogP contribution in [0, 0.1) is 5.92 Å². The summed E-state index contributed by atoms with van der Waals surface area (Å²) < 4.78 is 24.1. The van der Waals surface area contributed by atoms with Crippen molar-refractivity contribution in [3.63, 3.8) is 0 Å². The maximum atomic E-state index is 12.0. The van der Waals surface area contributed by atoms with Gasteiger partial charge in [-0.05, 0) is 24.1 Å². The van der Waals surface area contributed by atoms with Crippen LogP contribution >= 0.6 is 11.6 Å². The first-order valence-corrected chi connectivity index (χ1v) is 7.56. The predicted octanol–water partition coefficient (Wildman–Crippen LogP) is 2.86. The lowest BCUT2D eigenvalue weighted by molar-refractivity contribution is 0.0697. The number of rotatable bonds is 5. The average Bonchev–Trinajstić information content (AvgIpc) is 2.27. The second-order valence-corrected chi connectivity index (χ2v) is 6.68. The van der Waals surface area contributed by atoms with Crippen molar-refractivity contribution in [2.45, 2.75) is 25.2 Å². The van der Waals surface area contributed by atoms with E-state index in [2.05, 4.69) is 0 Å². The number of hydrogen-bond donors (Lipinski definition) is 1. The summed E-state index contributed by atoms with van der Waals surface area (Å²) in [5.41, 5.74) is -0.0980. The van der Waals surface area contributed by atoms with Crippen molar-refractivity contribution in [3.05, 3.63) is 28.8 Å². The number of carbonyl (C=O) groups is 1. The summed E-state index contributed by atoms with van der Waals surface area (Å²) in [6, 6.07) is 3.70. The number of benzene rings is 1. The van der Waals surface area contributed by atoms with Crippen LogP contribution in [0.5, 0.6) is 0 Å². The number of carboxylic acids is 1. The Bertz CT molecular complexity index is 551. The van der Waals surface area contributed by atoms with Gasteiger partial charge in [0, 0.05) is 0 Å². The number of hydrogen-bond acceptors (Lipinski definition) is 3. The second-order valence-electron chi connectivity index (χ2n) is 4.24. The molecule has 0 aliphatic carbocycles. The molecule has 0 radical (unpaired) electrons. The van der Waals surface area contributed by atoms with Crippen LogP contribution in [0.15, 0.2) is 23.1 Å². The molecule has 0 heterocycles. The lowest BCUT2D eigenvalue weighted by Crippen LogP contribution is -2.14. The third-order valence-corrected chi connectivity index (χ3v) is 5.02. The fourth-order valence-electron chi connectivity index (χ4n) is 1.45. The van der Waals surface area contributed by atoms with E-state index in [9.17, 15) is 13.2 Å². The molecule has 0 bridgehead atoms. The molecule has 1 N–H and O–H groups in total. The molecule has 1 rings (SSSR count). The van der Waals surface area contributed by atoms with Gasteiger partial charge in [-0.2, -0.15) is 0 Å². The lowest BCUT2D eigenvalue weighted by atomic mass is 10.2. The Morgan fingerprint density at radius 2 is 2.06 bits per heavy atom. The van der Waals surface area contributed by atoms with Crippen LogP contribution in [-0.4, -0.2) is 25.2 Å². The molecule has 0 fully saturated rings. The van der Waals surface area contributed by atoms with Crippen LogP contribution < -0.4 is 0 Å². The summed E-state index contributed by atoms with van der Waals surface area (Å²) >= 11 is 5.76. The highest BCUT2D eigenvalue weighted by atomic mass is 35.5. The molecule has 18 heavy (non-hydrogen) atoms. The Hall–Kier alpha value is -1.07. The van der Waals surface area contributed by atoms with E-state index in [1.54, 1.807) is 0 Å². The summed E-state index contributed by atoms with van der Waals surface area (Å²) in [6.45, 7) is 3.77. The molecule has 0 aromatic heterocycles. The average molecular weight is 291 g/mol. The van der Waals surface area contributed by atoms with Gasteiger partial charge in [0.25, 0.3) is 0 Å². The Balaban J connectivity index is 3.12. The van der Waals surface area contributed by atoms with Gasteiger partial charge < -0.3 is 5.11 Å². The molecular weight excluding hydrogens is 276 g/mol. The fourth-order valence-corrected chi connectivity index (χ4v) is 3.53. The van der Waals surface area contributed by atoms with E-state index in [0.29, 0.717) is 0 Å². The molecule has 1 aromatic carbocycles. The smallest absolute Gasteiger partial charge is 0.337 e. The van der Waals surface area contributed by atoms with Crippen molar-refractivity contribution in [1.29, 1.82) is 0 Å². The third-order valence-electron chi connectivity index (χ3n) is 2.73. The zero-order valence-electron chi connectivity index (χ0n) is 10.2. The molecule has 0 amide bonds. The van der Waals surface area contributed by atoms with E-state index in [1.165, 1.54) is 18.2 Å². The molecule has 4 nitrogen and oxygen atoms in total. The standard InChI is InChI=1S/C12H15ClO4S/c1-3-8(2)7-18(16,17)9-4-5-10(12(14)15)11(13)6-9/h4-6,8H,3,7H2,1-2H3,(H,14,15). The zero-order chi connectivity index (χ0) is 13.9. The molecular formula is C12H15ClO4S. The largest absolute Gasteiger partial charge is 0.478 e. The van der Waals surface area contributed by atoms with E-state index in [4.69, 9.17) is 16.7 Å². The van der Waals surface area contributed by atoms with Gasteiger partial charge in [0.15, 0.2) is 9.84 Å². The minimum absolute atomic E-state index is 0.0340. The normalized spacial score (nSPS) is 13.3. The van der Waals surface area contributed by atoms with Crippen molar-refractivity contribution >= 4 is 27.4 Å². The molecule has 0 spiro atoms. The SMILES string of the molecule is CCC(C)CS(=O)(=O)c1ccc(C(=O)O)c(Cl)c1. The van der Waals surface area contributed by atoms with Crippen LogP contribution in [0.4, 0.5) is 0 Å². The second kappa shape index (κ2) is 5.71. The maximum absolute atomic E-state index is 12.0. The van der Waals surface area contributed by atoms with Crippen LogP contribution in [-0.2, 0) is 9.84 Å². The van der Waals surface area contributed by atoms with Gasteiger partial charge in [-0.1, -0.05) is 31.9 Å². The van der Waals surface area contributed by atoms with Gasteiger partial charge in [-0.3, -0.25) is 0 Å². The molecule has 1 atom stereocenters. The first-order chi connectivity index (χ1) is 8.27. The van der Waals surface area contributed by atoms with Gasteiger partial charge >= 0.3 is 5.97 Å². The first-order valence-electron chi connectivity index (χ1n) is 5.53. The van der Waals surface area contributed by atoms with E-state index in [1.807, 2.05) is 13.8 Å². The highest BCUT2D eigenvalue weighted by molar-refractivity contribution is 7.91. The summed E-state index contributed by atoms with van der Waals surface area (Å²) in [5, 5.41) is 8.75. The molecule has 6 heteroatoms. The number of aromatic carboxylic acids is 1. The summed E-state index contributed by atoms with van der Waals surface area (Å²) in [7, 11) is -3.41. The van der Waals surface area contributed by atoms with Crippen molar-refractivity contribution in [3.8, 4) is 0 Å². The summed E-state index contributed by atoms with van der Waals surface area (Å²) in [6.07, 6.45) is 0.764. The maximum Gasteiger partial charge on any atom is 0.337 e. The summed E-state index contributed by atoms with van der Waals surface area (Å²) in [4.78, 5) is 10.8. The van der Waals surface area contributed by atoms with Crippen LogP contribution in [0.25, 0.3) is 0 Å². The highest BCUT2D eigenvalue weighted by Gasteiger charge is 2.20. The first kappa shape index (κ1) is 15.0. The highest BCUT2D eigenvalue weighted by Crippen LogP contribution is 2.23. The number of sulfone groups is 1. The van der Waals surface area contributed by atoms with E-state index in [-0.39, 0.29) is 27.2 Å². The van der Waals surface area contributed by atoms with Gasteiger partial charge in [-0.25, -0.2) is 13.2 Å². The molecule has 1 aromatic rings. The lowest BCUT2D eigenvalue weighted by Gasteiger charge is -2.10. The quantitative estimate of drug-likeness (QED) is 0.905. The van der Waals surface area contributed by atoms with Gasteiger partial charge in [0.05, 0.1) is 21.2 Å². The van der Waals surface area contributed by atoms with E-state index < -0.39 is 15.8 Å². The van der Waals surface area contributed by atoms with Crippen LogP contribution in [0.3, 0.4) is 0 Å². The Morgan fingerprint density at radius 1 is 1.44 bits per heavy atom. The van der Waals surface area contributed by atoms with Crippen molar-refractivity contribution in [2.24, 2.45) is 5.92 Å². The monoisotopic (exact) mass is 290 g/mol. The third kappa shape index (κ3) is 3.46. The van der Waals surface area contributed by atoms with Crippen molar-refractivity contribution in [2.75, 3.05) is 5.75 Å². The number of halogens is 1. The van der Waals surface area contributed by atoms with Crippen LogP contribution in [0.2, 0.25) is 5.02 Å². The Labute approximate surface area is 112 Å². The van der Waals surface area contributed by atoms with Gasteiger partial charge in [0.2, 0.25) is 0 Å². The zero-order valence-corrected chi connectivity index (χ0v) is 11.8. The minimum Gasteiger partial charge on any atom is -0.478 e. The molecule has 100 valence electrons. The summed E-state index contributed by atoms with van der Waals surface area (Å²) in [5.74, 6) is -1.09. The number of carboxylic acid groups (broad SMARTS) is 1. The molecule has 1 unspecified atom stereocenters. The van der Waals surface area contributed by atoms with Crippen LogP contribution in [0.1, 0.15) is 30.6 Å². The van der Waals surface area contributed by atoms with Crippen molar-refractivity contribution < 1.29 is 18.3 Å². The topological polar surface area (TPSA) is 71.4 Å². The molecule has 0 aliphatic rings. The van der Waals surface area contributed by atoms with Gasteiger partial charge in [0.1, 0.15) is 0 Å². The van der Waals surface area contributed by atoms with E-state index >= 15 is 0 Å². The minimum atomic E-state index is -3.41. The molecule has 0 aliphatic heterocycles. The molecule has 0 saturated carbocycles. The van der Waals surface area contributed by atoms with E-state index in [0.717, 1.165) is 6.42 Å². The molecule has 0 saturated heterocycles. The Kier molecular flexibility index (Phi) is 4.76. The Morgan fingerprint density at radius 3 is 2.50 bits per heavy atom.